The number of aryl methyl sites for hydroxylation is 2. The van der Waals surface area contributed by atoms with Crippen LogP contribution < -0.4 is 4.74 Å². The first kappa shape index (κ1) is 25.2. The van der Waals surface area contributed by atoms with E-state index in [1.54, 1.807) is 24.3 Å². The van der Waals surface area contributed by atoms with Gasteiger partial charge in [-0.3, -0.25) is 0 Å². The molecule has 4 aromatic rings. The minimum absolute atomic E-state index is 0.419. The van der Waals surface area contributed by atoms with Gasteiger partial charge in [-0.1, -0.05) is 51.7 Å². The molecule has 0 bridgehead atoms. The van der Waals surface area contributed by atoms with E-state index in [9.17, 15) is 4.79 Å². The molecule has 0 amide bonds. The summed E-state index contributed by atoms with van der Waals surface area (Å²) in [6.45, 7) is 4.34. The summed E-state index contributed by atoms with van der Waals surface area (Å²) in [4.78, 5) is 30.5. The lowest BCUT2D eigenvalue weighted by Gasteiger charge is -2.07. The van der Waals surface area contributed by atoms with Crippen LogP contribution in [-0.2, 0) is 12.8 Å². The fraction of sp³-hybridized carbons (Fsp3) is 0.300. The van der Waals surface area contributed by atoms with E-state index in [1.165, 1.54) is 25.7 Å². The van der Waals surface area contributed by atoms with Crippen molar-refractivity contribution in [3.8, 4) is 28.5 Å². The molecule has 0 saturated carbocycles. The number of aromatic nitrogens is 4. The van der Waals surface area contributed by atoms with E-state index in [0.717, 1.165) is 41.5 Å². The Kier molecular flexibility index (Phi) is 8.87. The molecule has 184 valence electrons. The zero-order valence-corrected chi connectivity index (χ0v) is 21.0. The lowest BCUT2D eigenvalue weighted by Crippen LogP contribution is -2.08. The molecule has 2 aromatic heterocycles. The minimum atomic E-state index is -0.419. The van der Waals surface area contributed by atoms with Gasteiger partial charge in [0, 0.05) is 35.9 Å². The van der Waals surface area contributed by atoms with Crippen molar-refractivity contribution in [1.82, 2.24) is 19.9 Å². The van der Waals surface area contributed by atoms with Gasteiger partial charge in [-0.15, -0.1) is 0 Å². The van der Waals surface area contributed by atoms with E-state index in [2.05, 4.69) is 33.8 Å². The molecule has 0 unspecified atom stereocenters. The van der Waals surface area contributed by atoms with Gasteiger partial charge in [-0.25, -0.2) is 24.7 Å². The van der Waals surface area contributed by atoms with Gasteiger partial charge < -0.3 is 4.74 Å². The summed E-state index contributed by atoms with van der Waals surface area (Å²) in [5, 5.41) is 0. The molecule has 0 spiro atoms. The molecule has 0 N–H and O–H groups in total. The van der Waals surface area contributed by atoms with Crippen molar-refractivity contribution >= 4 is 5.97 Å². The molecule has 0 aliphatic rings. The maximum atomic E-state index is 12.6. The van der Waals surface area contributed by atoms with Gasteiger partial charge >= 0.3 is 5.97 Å². The summed E-state index contributed by atoms with van der Waals surface area (Å²) in [5.41, 5.74) is 4.47. The van der Waals surface area contributed by atoms with Crippen molar-refractivity contribution in [1.29, 1.82) is 0 Å². The first-order chi connectivity index (χ1) is 17.7. The van der Waals surface area contributed by atoms with Crippen LogP contribution in [0.2, 0.25) is 0 Å². The number of benzene rings is 2. The lowest BCUT2D eigenvalue weighted by atomic mass is 10.1. The number of unbranched alkanes of at least 4 members (excludes halogenated alkanes) is 3. The average molecular weight is 481 g/mol. The predicted molar refractivity (Wildman–Crippen MR) is 142 cm³/mol. The molecule has 0 atom stereocenters. The summed E-state index contributed by atoms with van der Waals surface area (Å²) < 4.78 is 5.55. The quantitative estimate of drug-likeness (QED) is 0.132. The molecular weight excluding hydrogens is 448 g/mol. The van der Waals surface area contributed by atoms with E-state index >= 15 is 0 Å². The zero-order valence-electron chi connectivity index (χ0n) is 21.0. The largest absolute Gasteiger partial charge is 0.423 e. The minimum Gasteiger partial charge on any atom is -0.423 e. The fourth-order valence-electron chi connectivity index (χ4n) is 3.90. The summed E-state index contributed by atoms with van der Waals surface area (Å²) in [6.07, 6.45) is 15.4. The molecule has 2 heterocycles. The highest BCUT2D eigenvalue weighted by Crippen LogP contribution is 2.21. The van der Waals surface area contributed by atoms with Gasteiger partial charge in [0.25, 0.3) is 0 Å². The Morgan fingerprint density at radius 3 is 1.69 bits per heavy atom. The van der Waals surface area contributed by atoms with Crippen LogP contribution in [0.25, 0.3) is 22.8 Å². The molecule has 0 aliphatic heterocycles. The van der Waals surface area contributed by atoms with Crippen LogP contribution in [0.1, 0.15) is 67.4 Å². The van der Waals surface area contributed by atoms with Gasteiger partial charge in [0.05, 0.1) is 5.56 Å². The van der Waals surface area contributed by atoms with Crippen LogP contribution >= 0.6 is 0 Å². The Hall–Kier alpha value is -3.93. The molecule has 36 heavy (non-hydrogen) atoms. The van der Waals surface area contributed by atoms with Gasteiger partial charge in [0.15, 0.2) is 11.6 Å². The van der Waals surface area contributed by atoms with Crippen LogP contribution in [0.3, 0.4) is 0 Å². The number of carbonyl (C=O) groups excluding carboxylic acids is 1. The summed E-state index contributed by atoms with van der Waals surface area (Å²) in [5.74, 6) is 1.34. The molecule has 0 aliphatic carbocycles. The predicted octanol–water partition coefficient (Wildman–Crippen LogP) is 6.90. The molecule has 6 heteroatoms. The maximum absolute atomic E-state index is 12.6. The van der Waals surface area contributed by atoms with Crippen LogP contribution in [-0.4, -0.2) is 25.9 Å². The molecule has 6 nitrogen and oxygen atoms in total. The summed E-state index contributed by atoms with van der Waals surface area (Å²) in [7, 11) is 0. The SMILES string of the molecule is CCCCCCc1cnc(-c2ccc(OC(=O)c3ccc(-c4ncc(CCC)cn4)cc3)cc2)nc1. The first-order valence-corrected chi connectivity index (χ1v) is 12.7. The van der Waals surface area contributed by atoms with E-state index in [4.69, 9.17) is 4.74 Å². The normalized spacial score (nSPS) is 10.8. The number of hydrogen-bond donors (Lipinski definition) is 0. The van der Waals surface area contributed by atoms with Crippen LogP contribution in [0.4, 0.5) is 0 Å². The van der Waals surface area contributed by atoms with Crippen molar-refractivity contribution in [2.24, 2.45) is 0 Å². The van der Waals surface area contributed by atoms with Crippen molar-refractivity contribution < 1.29 is 9.53 Å². The Morgan fingerprint density at radius 1 is 0.639 bits per heavy atom. The fourth-order valence-corrected chi connectivity index (χ4v) is 3.90. The second-order valence-corrected chi connectivity index (χ2v) is 8.88. The molecular formula is C30H32N4O2. The number of esters is 1. The smallest absolute Gasteiger partial charge is 0.343 e. The number of hydrogen-bond acceptors (Lipinski definition) is 6. The summed E-state index contributed by atoms with van der Waals surface area (Å²) >= 11 is 0. The standard InChI is InChI=1S/C30H32N4O2/c1-3-5-6-7-9-23-20-33-29(34-21-23)25-14-16-27(17-15-25)36-30(35)26-12-10-24(11-13-26)28-31-18-22(8-4-2)19-32-28/h10-21H,3-9H2,1-2H3. The third kappa shape index (κ3) is 6.81. The van der Waals surface area contributed by atoms with Gasteiger partial charge in [0.1, 0.15) is 5.75 Å². The number of ether oxygens (including phenoxy) is 1. The Morgan fingerprint density at radius 2 is 1.17 bits per heavy atom. The summed E-state index contributed by atoms with van der Waals surface area (Å²) in [6, 6.07) is 14.4. The third-order valence-corrected chi connectivity index (χ3v) is 5.97. The average Bonchev–Trinajstić information content (AvgIpc) is 2.93. The zero-order chi connectivity index (χ0) is 25.2. The van der Waals surface area contributed by atoms with Crippen molar-refractivity contribution in [2.75, 3.05) is 0 Å². The molecule has 0 saturated heterocycles. The van der Waals surface area contributed by atoms with E-state index in [-0.39, 0.29) is 0 Å². The van der Waals surface area contributed by atoms with Crippen molar-refractivity contribution in [3.63, 3.8) is 0 Å². The number of carbonyl (C=O) groups is 1. The van der Waals surface area contributed by atoms with E-state index in [0.29, 0.717) is 23.0 Å². The molecule has 2 aromatic carbocycles. The number of nitrogens with zero attached hydrogens (tertiary/aromatic N) is 4. The first-order valence-electron chi connectivity index (χ1n) is 12.7. The molecule has 4 rings (SSSR count). The molecule has 0 fully saturated rings. The van der Waals surface area contributed by atoms with Crippen LogP contribution in [0.5, 0.6) is 5.75 Å². The van der Waals surface area contributed by atoms with Crippen molar-refractivity contribution in [2.45, 2.75) is 58.8 Å². The second kappa shape index (κ2) is 12.7. The topological polar surface area (TPSA) is 77.9 Å². The highest BCUT2D eigenvalue weighted by molar-refractivity contribution is 5.91. The van der Waals surface area contributed by atoms with Gasteiger partial charge in [-0.2, -0.15) is 0 Å². The monoisotopic (exact) mass is 480 g/mol. The van der Waals surface area contributed by atoms with Gasteiger partial charge in [0.2, 0.25) is 0 Å². The number of rotatable bonds is 11. The maximum Gasteiger partial charge on any atom is 0.343 e. The van der Waals surface area contributed by atoms with Crippen LogP contribution in [0.15, 0.2) is 73.3 Å². The van der Waals surface area contributed by atoms with Crippen LogP contribution in [0, 0.1) is 0 Å². The highest BCUT2D eigenvalue weighted by Gasteiger charge is 2.11. The van der Waals surface area contributed by atoms with Crippen molar-refractivity contribution in [3.05, 3.63) is 90.0 Å². The Balaban J connectivity index is 1.33. The molecule has 0 radical (unpaired) electrons. The lowest BCUT2D eigenvalue weighted by molar-refractivity contribution is 0.0735. The van der Waals surface area contributed by atoms with Gasteiger partial charge in [-0.05, 0) is 66.8 Å². The second-order valence-electron chi connectivity index (χ2n) is 8.88. The third-order valence-electron chi connectivity index (χ3n) is 5.97. The van der Waals surface area contributed by atoms with E-state index < -0.39 is 5.97 Å². The van der Waals surface area contributed by atoms with E-state index in [1.807, 2.05) is 49.1 Å². The highest BCUT2D eigenvalue weighted by atomic mass is 16.5. The Bertz CT molecular complexity index is 1240. The Labute approximate surface area is 212 Å².